The largest absolute Gasteiger partial charge is 0.392 e. The first kappa shape index (κ1) is 24.5. The van der Waals surface area contributed by atoms with Crippen LogP contribution in [0.25, 0.3) is 11.3 Å². The van der Waals surface area contributed by atoms with Crippen molar-refractivity contribution in [3.8, 4) is 11.3 Å². The molecular formula is C30H34FN3O3S. The number of aryl methyl sites for hydroxylation is 1. The Labute approximate surface area is 223 Å². The van der Waals surface area contributed by atoms with Crippen LogP contribution in [0.2, 0.25) is 0 Å². The average molecular weight is 536 g/mol. The van der Waals surface area contributed by atoms with Crippen LogP contribution in [0.3, 0.4) is 0 Å². The summed E-state index contributed by atoms with van der Waals surface area (Å²) in [5.74, 6) is 0.837. The number of aliphatic hydroxyl groups is 1. The first-order chi connectivity index (χ1) is 18.3. The van der Waals surface area contributed by atoms with Gasteiger partial charge < -0.3 is 9.67 Å². The van der Waals surface area contributed by atoms with E-state index in [1.54, 1.807) is 18.6 Å². The molecule has 1 aromatic heterocycles. The van der Waals surface area contributed by atoms with Crippen LogP contribution in [0.5, 0.6) is 0 Å². The molecule has 200 valence electrons. The van der Waals surface area contributed by atoms with Crippen LogP contribution in [-0.4, -0.2) is 41.0 Å². The molecule has 3 aromatic rings. The molecule has 0 amide bonds. The van der Waals surface area contributed by atoms with Gasteiger partial charge in [-0.25, -0.2) is 22.5 Å². The van der Waals surface area contributed by atoms with Crippen LogP contribution in [-0.2, 0) is 16.4 Å². The molecule has 8 rings (SSSR count). The van der Waals surface area contributed by atoms with Crippen molar-refractivity contribution in [2.24, 2.45) is 23.2 Å². The van der Waals surface area contributed by atoms with Gasteiger partial charge in [-0.15, -0.1) is 0 Å². The summed E-state index contributed by atoms with van der Waals surface area (Å²) >= 11 is 0. The lowest BCUT2D eigenvalue weighted by Crippen LogP contribution is -2.62. The zero-order valence-electron chi connectivity index (χ0n) is 21.3. The molecule has 0 spiro atoms. The molecule has 8 heteroatoms. The molecule has 4 aliphatic carbocycles. The van der Waals surface area contributed by atoms with E-state index in [9.17, 15) is 17.9 Å². The van der Waals surface area contributed by atoms with Gasteiger partial charge in [0.1, 0.15) is 5.82 Å². The number of aliphatic hydroxyl groups excluding tert-OH is 1. The van der Waals surface area contributed by atoms with Crippen LogP contribution in [0.1, 0.15) is 55.7 Å². The number of nitrogens with zero attached hydrogens (tertiary/aromatic N) is 2. The fourth-order valence-corrected chi connectivity index (χ4v) is 9.97. The lowest BCUT2D eigenvalue weighted by Gasteiger charge is -2.61. The van der Waals surface area contributed by atoms with Gasteiger partial charge >= 0.3 is 0 Å². The number of nitrogens with one attached hydrogen (secondary N) is 1. The zero-order chi connectivity index (χ0) is 26.1. The van der Waals surface area contributed by atoms with E-state index < -0.39 is 16.1 Å². The Kier molecular flexibility index (Phi) is 5.80. The number of rotatable bonds is 8. The maximum absolute atomic E-state index is 15.0. The predicted octanol–water partition coefficient (Wildman–Crippen LogP) is 4.70. The van der Waals surface area contributed by atoms with Gasteiger partial charge in [0.05, 0.1) is 36.1 Å². The van der Waals surface area contributed by atoms with Gasteiger partial charge in [0.2, 0.25) is 10.0 Å². The van der Waals surface area contributed by atoms with Gasteiger partial charge in [0.25, 0.3) is 0 Å². The Morgan fingerprint density at radius 1 is 1.08 bits per heavy atom. The third-order valence-corrected chi connectivity index (χ3v) is 11.3. The predicted molar refractivity (Wildman–Crippen MR) is 143 cm³/mol. The number of fused-ring (bicyclic) bond motifs is 3. The number of hydrogen-bond donors (Lipinski definition) is 2. The third-order valence-electron chi connectivity index (χ3n) is 9.96. The van der Waals surface area contributed by atoms with Crippen molar-refractivity contribution in [3.05, 3.63) is 78.0 Å². The summed E-state index contributed by atoms with van der Waals surface area (Å²) in [7, 11) is -3.41. The molecule has 2 N–H and O–H groups in total. The molecule has 4 saturated carbocycles. The Hall–Kier alpha value is -2.55. The summed E-state index contributed by atoms with van der Waals surface area (Å²) in [6.45, 7) is 0. The number of sulfonamides is 1. The van der Waals surface area contributed by atoms with Crippen LogP contribution >= 0.6 is 0 Å². The fraction of sp³-hybridized carbons (Fsp3) is 0.500. The molecule has 2 heterocycles. The maximum Gasteiger partial charge on any atom is 0.212 e. The van der Waals surface area contributed by atoms with Crippen LogP contribution < -0.4 is 4.72 Å². The highest BCUT2D eigenvalue weighted by molar-refractivity contribution is 7.89. The molecule has 1 aliphatic heterocycles. The quantitative estimate of drug-likeness (QED) is 0.438. The Balaban J connectivity index is 1.08. The summed E-state index contributed by atoms with van der Waals surface area (Å²) in [5.41, 5.74) is 3.19. The Morgan fingerprint density at radius 3 is 2.61 bits per heavy atom. The SMILES string of the molecule is O=S(=O)(CCc1ccccc1)NC1C2CC3CC1CC(C(O)CC1c4c(F)cccc4-c4cncn41)(C3)C2. The van der Waals surface area contributed by atoms with Crippen molar-refractivity contribution < 1.29 is 17.9 Å². The number of hydrogen-bond acceptors (Lipinski definition) is 4. The molecule has 4 atom stereocenters. The highest BCUT2D eigenvalue weighted by Crippen LogP contribution is 2.62. The Bertz CT molecular complexity index is 1440. The lowest BCUT2D eigenvalue weighted by molar-refractivity contribution is -0.134. The van der Waals surface area contributed by atoms with E-state index in [4.69, 9.17) is 0 Å². The van der Waals surface area contributed by atoms with Crippen molar-refractivity contribution in [1.82, 2.24) is 14.3 Å². The number of halogens is 1. The minimum atomic E-state index is -3.41. The van der Waals surface area contributed by atoms with Crippen molar-refractivity contribution in [1.29, 1.82) is 0 Å². The molecule has 4 fully saturated rings. The Morgan fingerprint density at radius 2 is 1.84 bits per heavy atom. The minimum absolute atomic E-state index is 0.0578. The smallest absolute Gasteiger partial charge is 0.212 e. The van der Waals surface area contributed by atoms with Crippen molar-refractivity contribution in [2.75, 3.05) is 5.75 Å². The fourth-order valence-electron chi connectivity index (χ4n) is 8.54. The van der Waals surface area contributed by atoms with Crippen molar-refractivity contribution in [3.63, 3.8) is 0 Å². The van der Waals surface area contributed by atoms with Gasteiger partial charge in [-0.3, -0.25) is 0 Å². The topological polar surface area (TPSA) is 84.2 Å². The highest BCUT2D eigenvalue weighted by Gasteiger charge is 2.58. The van der Waals surface area contributed by atoms with Gasteiger partial charge in [-0.1, -0.05) is 42.5 Å². The van der Waals surface area contributed by atoms with Gasteiger partial charge in [-0.2, -0.15) is 0 Å². The molecule has 0 radical (unpaired) electrons. The number of imidazole rings is 1. The van der Waals surface area contributed by atoms with Crippen LogP contribution in [0.4, 0.5) is 4.39 Å². The summed E-state index contributed by atoms with van der Waals surface area (Å²) in [6, 6.07) is 14.5. The van der Waals surface area contributed by atoms with E-state index in [1.807, 2.05) is 41.0 Å². The molecular weight excluding hydrogens is 501 g/mol. The second-order valence-corrected chi connectivity index (χ2v) is 14.1. The maximum atomic E-state index is 15.0. The summed E-state index contributed by atoms with van der Waals surface area (Å²) < 4.78 is 46.2. The van der Waals surface area contributed by atoms with E-state index in [1.165, 1.54) is 6.07 Å². The normalized spacial score (nSPS) is 31.8. The highest BCUT2D eigenvalue weighted by atomic mass is 32.2. The van der Waals surface area contributed by atoms with Gasteiger partial charge in [0, 0.05) is 17.2 Å². The first-order valence-electron chi connectivity index (χ1n) is 13.8. The van der Waals surface area contributed by atoms with Crippen molar-refractivity contribution in [2.45, 2.75) is 63.1 Å². The second kappa shape index (κ2) is 9.00. The molecule has 4 bridgehead atoms. The first-order valence-corrected chi connectivity index (χ1v) is 15.5. The molecule has 2 aromatic carbocycles. The van der Waals surface area contributed by atoms with E-state index in [0.717, 1.165) is 48.9 Å². The zero-order valence-corrected chi connectivity index (χ0v) is 22.2. The number of aromatic nitrogens is 2. The minimum Gasteiger partial charge on any atom is -0.392 e. The van der Waals surface area contributed by atoms with Crippen LogP contribution in [0.15, 0.2) is 61.1 Å². The van der Waals surface area contributed by atoms with Crippen molar-refractivity contribution >= 4 is 10.0 Å². The van der Waals surface area contributed by atoms with Gasteiger partial charge in [-0.05, 0) is 79.7 Å². The summed E-state index contributed by atoms with van der Waals surface area (Å²) in [4.78, 5) is 4.29. The average Bonchev–Trinajstić information content (AvgIpc) is 3.48. The summed E-state index contributed by atoms with van der Waals surface area (Å²) in [5, 5.41) is 11.8. The standard InChI is InChI=1S/C30H34FN3O3S/c31-24-8-4-7-23-26-17-32-18-34(26)25(28(23)24)13-27(35)30-14-20-11-21(15-30)29(22(12-20)16-30)33-38(36,37)10-9-19-5-2-1-3-6-19/h1-8,17-18,20-22,25,27,29,33,35H,9-16H2. The van der Waals surface area contributed by atoms with Crippen LogP contribution in [0, 0.1) is 29.0 Å². The van der Waals surface area contributed by atoms with E-state index in [2.05, 4.69) is 9.71 Å². The number of benzene rings is 2. The monoisotopic (exact) mass is 535 g/mol. The molecule has 5 aliphatic rings. The summed E-state index contributed by atoms with van der Waals surface area (Å²) in [6.07, 6.45) is 8.51. The molecule has 6 nitrogen and oxygen atoms in total. The van der Waals surface area contributed by atoms with Gasteiger partial charge in [0.15, 0.2) is 0 Å². The third kappa shape index (κ3) is 4.03. The molecule has 38 heavy (non-hydrogen) atoms. The second-order valence-electron chi connectivity index (χ2n) is 12.2. The van der Waals surface area contributed by atoms with E-state index >= 15 is 0 Å². The molecule has 4 unspecified atom stereocenters. The molecule has 0 saturated heterocycles. The van der Waals surface area contributed by atoms with E-state index in [0.29, 0.717) is 24.3 Å². The van der Waals surface area contributed by atoms with E-state index in [-0.39, 0.29) is 40.9 Å². The lowest BCUT2D eigenvalue weighted by atomic mass is 9.46.